The van der Waals surface area contributed by atoms with Crippen LogP contribution in [0.4, 0.5) is 10.8 Å². The van der Waals surface area contributed by atoms with Crippen LogP contribution in [0.1, 0.15) is 32.1 Å². The Balaban J connectivity index is 1.52. The highest BCUT2D eigenvalue weighted by molar-refractivity contribution is 7.22. The number of rotatable bonds is 2. The van der Waals surface area contributed by atoms with Gasteiger partial charge in [-0.2, -0.15) is 0 Å². The molecule has 0 aliphatic carbocycles. The summed E-state index contributed by atoms with van der Waals surface area (Å²) >= 11 is 1.72. The van der Waals surface area contributed by atoms with E-state index in [0.717, 1.165) is 28.4 Å². The van der Waals surface area contributed by atoms with Gasteiger partial charge >= 0.3 is 0 Å². The molecule has 2 atom stereocenters. The van der Waals surface area contributed by atoms with Crippen molar-refractivity contribution < 1.29 is 0 Å². The van der Waals surface area contributed by atoms with Crippen LogP contribution >= 0.6 is 11.3 Å². The van der Waals surface area contributed by atoms with Crippen molar-refractivity contribution in [2.24, 2.45) is 0 Å². The van der Waals surface area contributed by atoms with Crippen molar-refractivity contribution in [1.29, 1.82) is 0 Å². The normalized spacial score (nSPS) is 29.7. The number of nitrogen functional groups attached to an aromatic ring is 1. The second kappa shape index (κ2) is 5.14. The van der Waals surface area contributed by atoms with Gasteiger partial charge in [-0.1, -0.05) is 17.8 Å². The molecule has 2 bridgehead atoms. The highest BCUT2D eigenvalue weighted by Gasteiger charge is 2.36. The number of nitrogens with one attached hydrogen (secondary N) is 1. The number of thiazole rings is 1. The average molecular weight is 302 g/mol. The van der Waals surface area contributed by atoms with E-state index < -0.39 is 0 Å². The van der Waals surface area contributed by atoms with Crippen LogP contribution in [0, 0.1) is 0 Å². The number of hydrogen-bond donors (Lipinski definition) is 2. The van der Waals surface area contributed by atoms with Crippen molar-refractivity contribution in [1.82, 2.24) is 9.88 Å². The van der Waals surface area contributed by atoms with Gasteiger partial charge in [0.1, 0.15) is 0 Å². The number of fused-ring (bicyclic) bond motifs is 3. The molecule has 2 aliphatic rings. The van der Waals surface area contributed by atoms with Crippen LogP contribution in [-0.2, 0) is 0 Å². The summed E-state index contributed by atoms with van der Waals surface area (Å²) in [6.45, 7) is 0. The van der Waals surface area contributed by atoms with Crippen LogP contribution < -0.4 is 11.1 Å². The van der Waals surface area contributed by atoms with Gasteiger partial charge in [-0.15, -0.1) is 0 Å². The van der Waals surface area contributed by atoms with Crippen molar-refractivity contribution in [3.05, 3.63) is 18.2 Å². The predicted octanol–water partition coefficient (Wildman–Crippen LogP) is 3.31. The molecule has 4 nitrogen and oxygen atoms in total. The highest BCUT2D eigenvalue weighted by atomic mass is 32.1. The fraction of sp³-hybridized carbons (Fsp3) is 0.562. The van der Waals surface area contributed by atoms with Gasteiger partial charge in [-0.3, -0.25) is 0 Å². The van der Waals surface area contributed by atoms with E-state index in [1.165, 1.54) is 36.8 Å². The Kier molecular flexibility index (Phi) is 3.27. The van der Waals surface area contributed by atoms with Crippen LogP contribution in [0.3, 0.4) is 0 Å². The van der Waals surface area contributed by atoms with Crippen LogP contribution in [0.15, 0.2) is 18.2 Å². The number of nitrogens with zero attached hydrogens (tertiary/aromatic N) is 2. The van der Waals surface area contributed by atoms with E-state index in [4.69, 9.17) is 10.7 Å². The first-order chi connectivity index (χ1) is 10.2. The van der Waals surface area contributed by atoms with Gasteiger partial charge in [0, 0.05) is 23.8 Å². The number of anilines is 2. The van der Waals surface area contributed by atoms with Crippen LogP contribution in [0.25, 0.3) is 10.2 Å². The zero-order valence-corrected chi connectivity index (χ0v) is 13.2. The maximum Gasteiger partial charge on any atom is 0.184 e. The monoisotopic (exact) mass is 302 g/mol. The molecule has 3 N–H and O–H groups in total. The molecule has 0 amide bonds. The summed E-state index contributed by atoms with van der Waals surface area (Å²) < 4.78 is 1.17. The fourth-order valence-electron chi connectivity index (χ4n) is 3.91. The molecule has 2 fully saturated rings. The van der Waals surface area contributed by atoms with Gasteiger partial charge < -0.3 is 16.0 Å². The lowest BCUT2D eigenvalue weighted by Gasteiger charge is -2.47. The second-order valence-electron chi connectivity index (χ2n) is 6.46. The largest absolute Gasteiger partial charge is 0.399 e. The molecular weight excluding hydrogens is 280 g/mol. The van der Waals surface area contributed by atoms with Crippen molar-refractivity contribution >= 4 is 32.4 Å². The first-order valence-electron chi connectivity index (χ1n) is 7.83. The third-order valence-electron chi connectivity index (χ3n) is 5.08. The van der Waals surface area contributed by atoms with Gasteiger partial charge in [0.15, 0.2) is 5.13 Å². The van der Waals surface area contributed by atoms with Crippen molar-refractivity contribution in [3.63, 3.8) is 0 Å². The molecule has 1 aromatic heterocycles. The molecule has 2 aromatic rings. The summed E-state index contributed by atoms with van der Waals surface area (Å²) in [6, 6.07) is 8.01. The van der Waals surface area contributed by atoms with Crippen molar-refractivity contribution in [3.8, 4) is 0 Å². The summed E-state index contributed by atoms with van der Waals surface area (Å²) in [7, 11) is 2.30. The lowest BCUT2D eigenvalue weighted by molar-refractivity contribution is 0.0608. The zero-order valence-electron chi connectivity index (χ0n) is 12.4. The Morgan fingerprint density at radius 2 is 2.05 bits per heavy atom. The van der Waals surface area contributed by atoms with Crippen LogP contribution in [-0.4, -0.2) is 35.1 Å². The van der Waals surface area contributed by atoms with E-state index in [0.29, 0.717) is 6.04 Å². The minimum absolute atomic E-state index is 0.564. The van der Waals surface area contributed by atoms with E-state index in [1.807, 2.05) is 18.2 Å². The smallest absolute Gasteiger partial charge is 0.184 e. The second-order valence-corrected chi connectivity index (χ2v) is 7.49. The highest BCUT2D eigenvalue weighted by Crippen LogP contribution is 2.35. The molecule has 2 aliphatic heterocycles. The number of benzene rings is 1. The van der Waals surface area contributed by atoms with Crippen molar-refractivity contribution in [2.75, 3.05) is 18.1 Å². The molecule has 2 saturated heterocycles. The third kappa shape index (κ3) is 2.49. The Morgan fingerprint density at radius 3 is 2.81 bits per heavy atom. The first kappa shape index (κ1) is 13.3. The number of hydrogen-bond acceptors (Lipinski definition) is 5. The minimum Gasteiger partial charge on any atom is -0.399 e. The maximum absolute atomic E-state index is 5.85. The molecule has 0 radical (unpaired) electrons. The van der Waals surface area contributed by atoms with E-state index in [2.05, 4.69) is 17.3 Å². The summed E-state index contributed by atoms with van der Waals surface area (Å²) in [5.74, 6) is 0. The Hall–Kier alpha value is -1.33. The topological polar surface area (TPSA) is 54.2 Å². The molecule has 3 heterocycles. The number of piperidine rings is 2. The van der Waals surface area contributed by atoms with Crippen LogP contribution in [0.2, 0.25) is 0 Å². The molecule has 5 heteroatoms. The molecule has 0 saturated carbocycles. The van der Waals surface area contributed by atoms with Crippen molar-refractivity contribution in [2.45, 2.75) is 50.2 Å². The molecule has 1 aromatic carbocycles. The molecule has 2 unspecified atom stereocenters. The molecular formula is C16H22N4S. The standard InChI is InChI=1S/C16H22N4S/c1-20-12-3-2-4-13(20)9-11(8-12)18-16-19-14-6-5-10(17)7-15(14)21-16/h5-7,11-13H,2-4,8-9,17H2,1H3,(H,18,19). The van der Waals surface area contributed by atoms with Gasteiger partial charge in [0.25, 0.3) is 0 Å². The predicted molar refractivity (Wildman–Crippen MR) is 89.9 cm³/mol. The number of nitrogens with two attached hydrogens (primary N) is 1. The first-order valence-corrected chi connectivity index (χ1v) is 8.65. The summed E-state index contributed by atoms with van der Waals surface area (Å²) in [5, 5.41) is 4.72. The third-order valence-corrected chi connectivity index (χ3v) is 6.03. The average Bonchev–Trinajstić information content (AvgIpc) is 2.81. The van der Waals surface area contributed by atoms with Gasteiger partial charge in [-0.25, -0.2) is 4.98 Å². The quantitative estimate of drug-likeness (QED) is 0.836. The lowest BCUT2D eigenvalue weighted by atomic mass is 9.82. The summed E-state index contributed by atoms with van der Waals surface area (Å²) in [4.78, 5) is 7.30. The van der Waals surface area contributed by atoms with E-state index in [9.17, 15) is 0 Å². The Bertz CT molecular complexity index is 639. The zero-order chi connectivity index (χ0) is 14.4. The maximum atomic E-state index is 5.85. The van der Waals surface area contributed by atoms with E-state index >= 15 is 0 Å². The molecule has 4 rings (SSSR count). The van der Waals surface area contributed by atoms with Gasteiger partial charge in [-0.05, 0) is 50.9 Å². The fourth-order valence-corrected chi connectivity index (χ4v) is 4.90. The Labute approximate surface area is 129 Å². The molecule has 112 valence electrons. The summed E-state index contributed by atoms with van der Waals surface area (Å²) in [6.07, 6.45) is 6.58. The van der Waals surface area contributed by atoms with Gasteiger partial charge in [0.05, 0.1) is 10.2 Å². The molecule has 21 heavy (non-hydrogen) atoms. The van der Waals surface area contributed by atoms with Gasteiger partial charge in [0.2, 0.25) is 0 Å². The number of aromatic nitrogens is 1. The van der Waals surface area contributed by atoms with Crippen LogP contribution in [0.5, 0.6) is 0 Å². The molecule has 0 spiro atoms. The van der Waals surface area contributed by atoms with E-state index in [1.54, 1.807) is 11.3 Å². The lowest BCUT2D eigenvalue weighted by Crippen LogP contribution is -2.52. The minimum atomic E-state index is 0.564. The SMILES string of the molecule is CN1C2CCCC1CC(Nc1nc3ccc(N)cc3s1)C2. The Morgan fingerprint density at radius 1 is 1.29 bits per heavy atom. The summed E-state index contributed by atoms with van der Waals surface area (Å²) in [5.41, 5.74) is 7.71. The van der Waals surface area contributed by atoms with E-state index in [-0.39, 0.29) is 0 Å².